The van der Waals surface area contributed by atoms with Crippen molar-refractivity contribution in [1.29, 1.82) is 0 Å². The molecule has 0 aliphatic heterocycles. The first-order valence-corrected chi connectivity index (χ1v) is 18.8. The summed E-state index contributed by atoms with van der Waals surface area (Å²) in [7, 11) is 0. The van der Waals surface area contributed by atoms with Crippen LogP contribution in [-0.2, 0) is 14.3 Å². The lowest BCUT2D eigenvalue weighted by Gasteiger charge is -2.16. The standard InChI is InChI=1S/C39H72O4/c1-3-5-6-7-8-9-10-11-12-13-14-15-16-17-21-24-27-30-33-36-39(42)43-37(4-2)34-31-28-25-22-19-18-20-23-26-29-32-35-38(40)41/h8-9,11-12,37H,3-7,10,13-36H2,1-2H3,(H,40,41)/b9-8-,12-11-. The molecule has 43 heavy (non-hydrogen) atoms. The molecule has 0 amide bonds. The van der Waals surface area contributed by atoms with E-state index in [1.54, 1.807) is 0 Å². The van der Waals surface area contributed by atoms with Crippen LogP contribution in [0.1, 0.15) is 206 Å². The van der Waals surface area contributed by atoms with E-state index < -0.39 is 5.97 Å². The molecule has 0 aromatic heterocycles. The number of carboxylic acid groups (broad SMARTS) is 1. The lowest BCUT2D eigenvalue weighted by atomic mass is 10.0. The number of allylic oxidation sites excluding steroid dienone is 4. The molecule has 0 heterocycles. The van der Waals surface area contributed by atoms with E-state index in [1.165, 1.54) is 128 Å². The van der Waals surface area contributed by atoms with Crippen molar-refractivity contribution in [3.8, 4) is 0 Å². The molecule has 0 aliphatic rings. The zero-order chi connectivity index (χ0) is 31.5. The van der Waals surface area contributed by atoms with Crippen molar-refractivity contribution in [3.05, 3.63) is 24.3 Å². The monoisotopic (exact) mass is 605 g/mol. The predicted molar refractivity (Wildman–Crippen MR) is 186 cm³/mol. The van der Waals surface area contributed by atoms with Crippen molar-refractivity contribution in [3.63, 3.8) is 0 Å². The second kappa shape index (κ2) is 34.9. The van der Waals surface area contributed by atoms with Crippen molar-refractivity contribution in [2.45, 2.75) is 213 Å². The molecule has 1 atom stereocenters. The summed E-state index contributed by atoms with van der Waals surface area (Å²) in [5, 5.41) is 8.65. The van der Waals surface area contributed by atoms with Crippen LogP contribution in [0.15, 0.2) is 24.3 Å². The van der Waals surface area contributed by atoms with Gasteiger partial charge in [0.1, 0.15) is 6.10 Å². The van der Waals surface area contributed by atoms with Gasteiger partial charge in [0.15, 0.2) is 0 Å². The van der Waals surface area contributed by atoms with Crippen LogP contribution >= 0.6 is 0 Å². The summed E-state index contributed by atoms with van der Waals surface area (Å²) in [6.45, 7) is 4.39. The maximum atomic E-state index is 12.3. The third kappa shape index (κ3) is 34.8. The van der Waals surface area contributed by atoms with Crippen LogP contribution in [0, 0.1) is 0 Å². The average Bonchev–Trinajstić information content (AvgIpc) is 2.99. The van der Waals surface area contributed by atoms with Gasteiger partial charge in [-0.05, 0) is 64.2 Å². The highest BCUT2D eigenvalue weighted by atomic mass is 16.5. The molecule has 0 aromatic carbocycles. The van der Waals surface area contributed by atoms with Crippen LogP contribution in [0.25, 0.3) is 0 Å². The van der Waals surface area contributed by atoms with Gasteiger partial charge < -0.3 is 9.84 Å². The van der Waals surface area contributed by atoms with Crippen molar-refractivity contribution < 1.29 is 19.4 Å². The number of unbranched alkanes of at least 4 members (excludes halogenated alkanes) is 22. The van der Waals surface area contributed by atoms with Gasteiger partial charge in [-0.2, -0.15) is 0 Å². The zero-order valence-corrected chi connectivity index (χ0v) is 28.8. The maximum absolute atomic E-state index is 12.3. The number of esters is 1. The zero-order valence-electron chi connectivity index (χ0n) is 28.8. The first-order chi connectivity index (χ1) is 21.1. The van der Waals surface area contributed by atoms with E-state index >= 15 is 0 Å². The van der Waals surface area contributed by atoms with Gasteiger partial charge in [0.25, 0.3) is 0 Å². The predicted octanol–water partition coefficient (Wildman–Crippen LogP) is 12.8. The Kier molecular flexibility index (Phi) is 33.6. The van der Waals surface area contributed by atoms with Crippen molar-refractivity contribution >= 4 is 11.9 Å². The molecule has 0 rings (SSSR count). The van der Waals surface area contributed by atoms with Crippen LogP contribution in [0.4, 0.5) is 0 Å². The molecule has 4 heteroatoms. The van der Waals surface area contributed by atoms with Gasteiger partial charge >= 0.3 is 11.9 Å². The maximum Gasteiger partial charge on any atom is 0.306 e. The number of aliphatic carboxylic acids is 1. The SMILES string of the molecule is CCCCC/C=C\C/C=C\CCCCCCCCCCCC(=O)OC(CC)CCCCCCCCCCCCCC(=O)O. The summed E-state index contributed by atoms with van der Waals surface area (Å²) in [6, 6.07) is 0. The molecular weight excluding hydrogens is 532 g/mol. The summed E-state index contributed by atoms with van der Waals surface area (Å²) in [5.74, 6) is -0.668. The van der Waals surface area contributed by atoms with Crippen molar-refractivity contribution in [1.82, 2.24) is 0 Å². The molecule has 1 N–H and O–H groups in total. The summed E-state index contributed by atoms with van der Waals surface area (Å²) >= 11 is 0. The third-order valence-corrected chi connectivity index (χ3v) is 8.50. The Bertz CT molecular complexity index is 654. The Balaban J connectivity index is 3.44. The van der Waals surface area contributed by atoms with Crippen molar-refractivity contribution in [2.75, 3.05) is 0 Å². The van der Waals surface area contributed by atoms with Crippen LogP contribution in [0.2, 0.25) is 0 Å². The third-order valence-electron chi connectivity index (χ3n) is 8.50. The van der Waals surface area contributed by atoms with Crippen LogP contribution in [-0.4, -0.2) is 23.1 Å². The van der Waals surface area contributed by atoms with Crippen LogP contribution in [0.5, 0.6) is 0 Å². The van der Waals surface area contributed by atoms with Gasteiger partial charge in [-0.1, -0.05) is 154 Å². The molecule has 1 unspecified atom stereocenters. The van der Waals surface area contributed by atoms with Crippen LogP contribution in [0.3, 0.4) is 0 Å². The molecule has 0 radical (unpaired) electrons. The highest BCUT2D eigenvalue weighted by Gasteiger charge is 2.12. The summed E-state index contributed by atoms with van der Waals surface area (Å²) in [4.78, 5) is 22.8. The number of carboxylic acids is 1. The van der Waals surface area contributed by atoms with E-state index in [0.717, 1.165) is 51.4 Å². The highest BCUT2D eigenvalue weighted by molar-refractivity contribution is 5.69. The van der Waals surface area contributed by atoms with E-state index in [1.807, 2.05) is 0 Å². The Labute approximate surface area is 267 Å². The second-order valence-electron chi connectivity index (χ2n) is 12.7. The highest BCUT2D eigenvalue weighted by Crippen LogP contribution is 2.16. The number of carbonyl (C=O) groups is 2. The molecule has 252 valence electrons. The van der Waals surface area contributed by atoms with Gasteiger partial charge in [-0.15, -0.1) is 0 Å². The van der Waals surface area contributed by atoms with E-state index in [4.69, 9.17) is 9.84 Å². The normalized spacial score (nSPS) is 12.4. The van der Waals surface area contributed by atoms with E-state index in [9.17, 15) is 9.59 Å². The molecule has 0 fully saturated rings. The summed E-state index contributed by atoms with van der Waals surface area (Å²) in [6.07, 6.45) is 44.2. The lowest BCUT2D eigenvalue weighted by molar-refractivity contribution is -0.149. The number of hydrogen-bond donors (Lipinski definition) is 1. The van der Waals surface area contributed by atoms with Crippen LogP contribution < -0.4 is 0 Å². The fraction of sp³-hybridized carbons (Fsp3) is 0.846. The minimum Gasteiger partial charge on any atom is -0.481 e. The van der Waals surface area contributed by atoms with Gasteiger partial charge in [-0.25, -0.2) is 0 Å². The first-order valence-electron chi connectivity index (χ1n) is 18.8. The summed E-state index contributed by atoms with van der Waals surface area (Å²) < 4.78 is 5.77. The molecule has 4 nitrogen and oxygen atoms in total. The Morgan fingerprint density at radius 1 is 0.535 bits per heavy atom. The molecule has 0 aromatic rings. The molecule has 0 bridgehead atoms. The minimum absolute atomic E-state index is 0.00635. The number of ether oxygens (including phenoxy) is 1. The van der Waals surface area contributed by atoms with Gasteiger partial charge in [0, 0.05) is 12.8 Å². The second-order valence-corrected chi connectivity index (χ2v) is 12.7. The minimum atomic E-state index is -0.674. The van der Waals surface area contributed by atoms with E-state index in [2.05, 4.69) is 38.2 Å². The summed E-state index contributed by atoms with van der Waals surface area (Å²) in [5.41, 5.74) is 0. The topological polar surface area (TPSA) is 63.6 Å². The number of rotatable bonds is 34. The molecule has 0 spiro atoms. The van der Waals surface area contributed by atoms with Crippen molar-refractivity contribution in [2.24, 2.45) is 0 Å². The van der Waals surface area contributed by atoms with E-state index in [0.29, 0.717) is 12.8 Å². The van der Waals surface area contributed by atoms with E-state index in [-0.39, 0.29) is 12.1 Å². The van der Waals surface area contributed by atoms with Gasteiger partial charge in [-0.3, -0.25) is 9.59 Å². The molecule has 0 aliphatic carbocycles. The first kappa shape index (κ1) is 41.4. The Morgan fingerprint density at radius 2 is 0.953 bits per heavy atom. The number of carbonyl (C=O) groups excluding carboxylic acids is 1. The van der Waals surface area contributed by atoms with Gasteiger partial charge in [0.2, 0.25) is 0 Å². The largest absolute Gasteiger partial charge is 0.481 e. The lowest BCUT2D eigenvalue weighted by Crippen LogP contribution is -2.17. The average molecular weight is 605 g/mol. The smallest absolute Gasteiger partial charge is 0.306 e. The Hall–Kier alpha value is -1.58. The molecule has 0 saturated carbocycles. The number of hydrogen-bond acceptors (Lipinski definition) is 3. The Morgan fingerprint density at radius 3 is 1.42 bits per heavy atom. The van der Waals surface area contributed by atoms with Gasteiger partial charge in [0.05, 0.1) is 0 Å². The quantitative estimate of drug-likeness (QED) is 0.0451. The molecular formula is C39H72O4. The molecule has 0 saturated heterocycles. The fourth-order valence-corrected chi connectivity index (χ4v) is 5.62. The fourth-order valence-electron chi connectivity index (χ4n) is 5.62.